The predicted molar refractivity (Wildman–Crippen MR) is 66.0 cm³/mol. The third-order valence-corrected chi connectivity index (χ3v) is 2.67. The second kappa shape index (κ2) is 4.97. The number of methoxy groups -OCH3 is 1. The number of hydrogen-bond acceptors (Lipinski definition) is 3. The number of hydrogen-bond donors (Lipinski definition) is 1. The molecule has 0 aliphatic carbocycles. The molecule has 0 aliphatic heterocycles. The first-order chi connectivity index (χ1) is 8.22. The van der Waals surface area contributed by atoms with E-state index < -0.39 is 6.10 Å². The maximum absolute atomic E-state index is 10.3. The summed E-state index contributed by atoms with van der Waals surface area (Å²) in [6, 6.07) is 11.3. The SMILES string of the molecule is COc1cccnc1C(O)c1ccc(C)cc1. The molecule has 0 saturated heterocycles. The van der Waals surface area contributed by atoms with E-state index in [2.05, 4.69) is 4.98 Å². The van der Waals surface area contributed by atoms with E-state index in [1.54, 1.807) is 25.4 Å². The highest BCUT2D eigenvalue weighted by molar-refractivity contribution is 5.35. The van der Waals surface area contributed by atoms with E-state index in [1.165, 1.54) is 0 Å². The van der Waals surface area contributed by atoms with Gasteiger partial charge in [0.05, 0.1) is 7.11 Å². The van der Waals surface area contributed by atoms with Gasteiger partial charge in [0, 0.05) is 6.20 Å². The topological polar surface area (TPSA) is 42.4 Å². The summed E-state index contributed by atoms with van der Waals surface area (Å²) in [5, 5.41) is 10.3. The summed E-state index contributed by atoms with van der Waals surface area (Å²) in [5.74, 6) is 0.598. The second-order valence-electron chi connectivity index (χ2n) is 3.90. The number of benzene rings is 1. The Morgan fingerprint density at radius 3 is 2.53 bits per heavy atom. The minimum absolute atomic E-state index is 0.541. The fourth-order valence-electron chi connectivity index (χ4n) is 1.69. The number of aromatic nitrogens is 1. The molecule has 1 heterocycles. The van der Waals surface area contributed by atoms with Gasteiger partial charge in [0.1, 0.15) is 17.5 Å². The summed E-state index contributed by atoms with van der Waals surface area (Å²) in [4.78, 5) is 4.17. The molecule has 0 fully saturated rings. The van der Waals surface area contributed by atoms with Crippen molar-refractivity contribution in [2.75, 3.05) is 7.11 Å². The Hall–Kier alpha value is -1.87. The number of aliphatic hydroxyl groups excluding tert-OH is 1. The lowest BCUT2D eigenvalue weighted by atomic mass is 10.0. The fraction of sp³-hybridized carbons (Fsp3) is 0.214. The Labute approximate surface area is 101 Å². The molecule has 0 amide bonds. The van der Waals surface area contributed by atoms with Crippen molar-refractivity contribution >= 4 is 0 Å². The van der Waals surface area contributed by atoms with E-state index in [9.17, 15) is 5.11 Å². The number of nitrogens with zero attached hydrogens (tertiary/aromatic N) is 1. The van der Waals surface area contributed by atoms with E-state index >= 15 is 0 Å². The normalized spacial score (nSPS) is 12.2. The third kappa shape index (κ3) is 2.45. The van der Waals surface area contributed by atoms with Gasteiger partial charge in [-0.25, -0.2) is 0 Å². The summed E-state index contributed by atoms with van der Waals surface area (Å²) in [5.41, 5.74) is 2.51. The minimum Gasteiger partial charge on any atom is -0.495 e. The second-order valence-corrected chi connectivity index (χ2v) is 3.90. The molecule has 0 spiro atoms. The molecule has 0 saturated carbocycles. The first-order valence-corrected chi connectivity index (χ1v) is 5.46. The molecule has 3 heteroatoms. The van der Waals surface area contributed by atoms with Gasteiger partial charge >= 0.3 is 0 Å². The van der Waals surface area contributed by atoms with Crippen LogP contribution >= 0.6 is 0 Å². The number of ether oxygens (including phenoxy) is 1. The summed E-state index contributed by atoms with van der Waals surface area (Å²) in [6.45, 7) is 2.01. The summed E-state index contributed by atoms with van der Waals surface area (Å²) in [6.07, 6.45) is 0.890. The molecular formula is C14H15NO2. The van der Waals surface area contributed by atoms with Crippen LogP contribution in [0.15, 0.2) is 42.6 Å². The molecule has 3 nitrogen and oxygen atoms in total. The van der Waals surface area contributed by atoms with Gasteiger partial charge in [-0.3, -0.25) is 4.98 Å². The van der Waals surface area contributed by atoms with Crippen LogP contribution in [0.5, 0.6) is 5.75 Å². The predicted octanol–water partition coefficient (Wildman–Crippen LogP) is 2.48. The van der Waals surface area contributed by atoms with Crippen molar-refractivity contribution in [3.05, 3.63) is 59.4 Å². The van der Waals surface area contributed by atoms with Crippen LogP contribution in [0.4, 0.5) is 0 Å². The Morgan fingerprint density at radius 1 is 1.18 bits per heavy atom. The van der Waals surface area contributed by atoms with Crippen molar-refractivity contribution < 1.29 is 9.84 Å². The minimum atomic E-state index is -0.758. The third-order valence-electron chi connectivity index (χ3n) is 2.67. The molecule has 2 rings (SSSR count). The Morgan fingerprint density at radius 2 is 1.88 bits per heavy atom. The van der Waals surface area contributed by atoms with Gasteiger partial charge in [-0.15, -0.1) is 0 Å². The number of aliphatic hydroxyl groups is 1. The zero-order valence-electron chi connectivity index (χ0n) is 9.92. The number of pyridine rings is 1. The molecule has 0 radical (unpaired) electrons. The smallest absolute Gasteiger partial charge is 0.143 e. The summed E-state index contributed by atoms with van der Waals surface area (Å²) in [7, 11) is 1.57. The molecule has 17 heavy (non-hydrogen) atoms. The van der Waals surface area contributed by atoms with Crippen molar-refractivity contribution in [2.24, 2.45) is 0 Å². The quantitative estimate of drug-likeness (QED) is 0.879. The first-order valence-electron chi connectivity index (χ1n) is 5.46. The summed E-state index contributed by atoms with van der Waals surface area (Å²) >= 11 is 0. The molecule has 1 atom stereocenters. The standard InChI is InChI=1S/C14H15NO2/c1-10-5-7-11(8-6-10)14(16)13-12(17-2)4-3-9-15-13/h3-9,14,16H,1-2H3. The van der Waals surface area contributed by atoms with Gasteiger partial charge in [-0.05, 0) is 24.6 Å². The Kier molecular flexibility index (Phi) is 3.40. The van der Waals surface area contributed by atoms with Crippen molar-refractivity contribution in [2.45, 2.75) is 13.0 Å². The average molecular weight is 229 g/mol. The molecule has 0 bridgehead atoms. The lowest BCUT2D eigenvalue weighted by Gasteiger charge is -2.13. The van der Waals surface area contributed by atoms with Crippen LogP contribution in [0.25, 0.3) is 0 Å². The van der Waals surface area contributed by atoms with Gasteiger partial charge in [0.15, 0.2) is 0 Å². The molecule has 1 unspecified atom stereocenters. The van der Waals surface area contributed by atoms with E-state index in [4.69, 9.17) is 4.74 Å². The average Bonchev–Trinajstić information content (AvgIpc) is 2.39. The maximum Gasteiger partial charge on any atom is 0.143 e. The molecule has 2 aromatic rings. The zero-order chi connectivity index (χ0) is 12.3. The van der Waals surface area contributed by atoms with Gasteiger partial charge in [0.2, 0.25) is 0 Å². The van der Waals surface area contributed by atoms with Gasteiger partial charge < -0.3 is 9.84 Å². The molecule has 1 N–H and O–H groups in total. The molecule has 1 aromatic heterocycles. The number of aryl methyl sites for hydroxylation is 1. The largest absolute Gasteiger partial charge is 0.495 e. The lowest BCUT2D eigenvalue weighted by Crippen LogP contribution is -2.04. The lowest BCUT2D eigenvalue weighted by molar-refractivity contribution is 0.209. The molecular weight excluding hydrogens is 214 g/mol. The monoisotopic (exact) mass is 229 g/mol. The van der Waals surface area contributed by atoms with Crippen molar-refractivity contribution in [1.82, 2.24) is 4.98 Å². The Bertz CT molecular complexity index is 494. The van der Waals surface area contributed by atoms with E-state index in [-0.39, 0.29) is 0 Å². The van der Waals surface area contributed by atoms with Crippen LogP contribution in [0.3, 0.4) is 0 Å². The fourth-order valence-corrected chi connectivity index (χ4v) is 1.69. The van der Waals surface area contributed by atoms with E-state index in [0.29, 0.717) is 11.4 Å². The van der Waals surface area contributed by atoms with Crippen molar-refractivity contribution in [1.29, 1.82) is 0 Å². The van der Waals surface area contributed by atoms with Crippen LogP contribution in [-0.4, -0.2) is 17.2 Å². The van der Waals surface area contributed by atoms with Gasteiger partial charge in [-0.2, -0.15) is 0 Å². The highest BCUT2D eigenvalue weighted by Gasteiger charge is 2.16. The van der Waals surface area contributed by atoms with Crippen LogP contribution in [0, 0.1) is 6.92 Å². The van der Waals surface area contributed by atoms with Crippen LogP contribution in [0.2, 0.25) is 0 Å². The van der Waals surface area contributed by atoms with Crippen LogP contribution < -0.4 is 4.74 Å². The first kappa shape index (κ1) is 11.6. The molecule has 88 valence electrons. The van der Waals surface area contributed by atoms with E-state index in [1.807, 2.05) is 31.2 Å². The highest BCUT2D eigenvalue weighted by atomic mass is 16.5. The molecule has 1 aromatic carbocycles. The van der Waals surface area contributed by atoms with Crippen LogP contribution in [-0.2, 0) is 0 Å². The highest BCUT2D eigenvalue weighted by Crippen LogP contribution is 2.27. The number of rotatable bonds is 3. The van der Waals surface area contributed by atoms with Crippen LogP contribution in [0.1, 0.15) is 22.9 Å². The summed E-state index contributed by atoms with van der Waals surface area (Å²) < 4.78 is 5.19. The van der Waals surface area contributed by atoms with Gasteiger partial charge in [-0.1, -0.05) is 29.8 Å². The molecule has 0 aliphatic rings. The Balaban J connectivity index is 2.36. The maximum atomic E-state index is 10.3. The van der Waals surface area contributed by atoms with Crippen molar-refractivity contribution in [3.63, 3.8) is 0 Å². The zero-order valence-corrected chi connectivity index (χ0v) is 9.92. The van der Waals surface area contributed by atoms with Gasteiger partial charge in [0.25, 0.3) is 0 Å². The van der Waals surface area contributed by atoms with Crippen molar-refractivity contribution in [3.8, 4) is 5.75 Å². The van der Waals surface area contributed by atoms with E-state index in [0.717, 1.165) is 11.1 Å².